The van der Waals surface area contributed by atoms with E-state index in [1.54, 1.807) is 22.6 Å². The first-order valence-electron chi connectivity index (χ1n) is 6.29. The molecule has 5 nitrogen and oxygen atoms in total. The van der Waals surface area contributed by atoms with Crippen LogP contribution in [0.1, 0.15) is 35.1 Å². The van der Waals surface area contributed by atoms with Crippen LogP contribution in [0.3, 0.4) is 0 Å². The van der Waals surface area contributed by atoms with Gasteiger partial charge in [-0.15, -0.1) is 0 Å². The summed E-state index contributed by atoms with van der Waals surface area (Å²) in [6.07, 6.45) is 1.90. The Balaban J connectivity index is 2.20. The Kier molecular flexibility index (Phi) is 3.16. The number of carboxylic acids is 1. The van der Waals surface area contributed by atoms with Crippen LogP contribution in [0.2, 0.25) is 5.15 Å². The Hall–Kier alpha value is -1.59. The van der Waals surface area contributed by atoms with Crippen LogP contribution >= 0.6 is 11.6 Å². The van der Waals surface area contributed by atoms with Gasteiger partial charge < -0.3 is 10.4 Å². The van der Waals surface area contributed by atoms with E-state index in [1.807, 2.05) is 0 Å². The Bertz CT molecular complexity index is 632. The minimum atomic E-state index is -1.01. The van der Waals surface area contributed by atoms with Crippen molar-refractivity contribution >= 4 is 23.1 Å². The monoisotopic (exact) mass is 279 g/mol. The molecule has 0 amide bonds. The molecule has 3 heterocycles. The van der Waals surface area contributed by atoms with E-state index in [-0.39, 0.29) is 11.6 Å². The minimum Gasteiger partial charge on any atom is -0.476 e. The molecule has 0 radical (unpaired) electrons. The smallest absolute Gasteiger partial charge is 0.356 e. The van der Waals surface area contributed by atoms with Crippen molar-refractivity contribution in [1.29, 1.82) is 0 Å². The lowest BCUT2D eigenvalue weighted by atomic mass is 9.97. The number of halogens is 1. The van der Waals surface area contributed by atoms with Crippen molar-refractivity contribution in [2.24, 2.45) is 0 Å². The number of nitrogens with zero attached hydrogens (tertiary/aromatic N) is 2. The van der Waals surface area contributed by atoms with Crippen LogP contribution in [0.15, 0.2) is 18.2 Å². The fourth-order valence-corrected chi connectivity index (χ4v) is 2.88. The van der Waals surface area contributed by atoms with Gasteiger partial charge in [0.1, 0.15) is 11.0 Å². The lowest BCUT2D eigenvalue weighted by molar-refractivity contribution is 0.0693. The molecule has 100 valence electrons. The number of rotatable bonds is 2. The fourth-order valence-electron chi connectivity index (χ4n) is 2.63. The maximum Gasteiger partial charge on any atom is 0.356 e. The normalized spacial score (nSPS) is 16.9. The van der Waals surface area contributed by atoms with Crippen LogP contribution in [0.4, 0.5) is 0 Å². The molecule has 19 heavy (non-hydrogen) atoms. The summed E-state index contributed by atoms with van der Waals surface area (Å²) in [5.74, 6) is 0.00111. The first-order valence-corrected chi connectivity index (χ1v) is 6.67. The third kappa shape index (κ3) is 2.09. The number of fused-ring (bicyclic) bond motifs is 1. The largest absolute Gasteiger partial charge is 0.476 e. The predicted molar refractivity (Wildman–Crippen MR) is 72.0 cm³/mol. The maximum atomic E-state index is 11.3. The van der Waals surface area contributed by atoms with Crippen LogP contribution in [-0.2, 0) is 0 Å². The van der Waals surface area contributed by atoms with Crippen LogP contribution < -0.4 is 5.32 Å². The second kappa shape index (κ2) is 4.83. The Morgan fingerprint density at radius 2 is 2.16 bits per heavy atom. The molecule has 1 aliphatic heterocycles. The average Bonchev–Trinajstić information content (AvgIpc) is 2.81. The SMILES string of the molecule is O=C(O)c1nc(C2CCNCC2)n2c(Cl)cccc12. The summed E-state index contributed by atoms with van der Waals surface area (Å²) >= 11 is 6.21. The summed E-state index contributed by atoms with van der Waals surface area (Å²) in [4.78, 5) is 15.6. The van der Waals surface area contributed by atoms with Gasteiger partial charge in [0.2, 0.25) is 0 Å². The quantitative estimate of drug-likeness (QED) is 0.827. The van der Waals surface area contributed by atoms with Crippen molar-refractivity contribution in [3.8, 4) is 0 Å². The molecule has 2 aromatic heterocycles. The minimum absolute atomic E-state index is 0.0797. The number of hydrogen-bond donors (Lipinski definition) is 2. The first-order chi connectivity index (χ1) is 9.18. The number of carboxylic acid groups (broad SMARTS) is 1. The van der Waals surface area contributed by atoms with Gasteiger partial charge in [-0.1, -0.05) is 17.7 Å². The van der Waals surface area contributed by atoms with E-state index < -0.39 is 5.97 Å². The molecule has 0 spiro atoms. The zero-order valence-corrected chi connectivity index (χ0v) is 11.0. The number of carbonyl (C=O) groups is 1. The molecule has 2 N–H and O–H groups in total. The topological polar surface area (TPSA) is 66.6 Å². The molecule has 0 bridgehead atoms. The average molecular weight is 280 g/mol. The van der Waals surface area contributed by atoms with E-state index in [0.29, 0.717) is 10.7 Å². The van der Waals surface area contributed by atoms with Crippen molar-refractivity contribution in [3.05, 3.63) is 34.9 Å². The number of pyridine rings is 1. The second-order valence-electron chi connectivity index (χ2n) is 4.72. The fraction of sp³-hybridized carbons (Fsp3) is 0.385. The molecule has 0 saturated carbocycles. The van der Waals surface area contributed by atoms with E-state index in [1.165, 1.54) is 0 Å². The molecule has 1 fully saturated rings. The van der Waals surface area contributed by atoms with E-state index in [9.17, 15) is 9.90 Å². The lowest BCUT2D eigenvalue weighted by Crippen LogP contribution is -2.27. The number of piperidine rings is 1. The van der Waals surface area contributed by atoms with Gasteiger partial charge in [-0.25, -0.2) is 9.78 Å². The third-order valence-electron chi connectivity index (χ3n) is 3.55. The Morgan fingerprint density at radius 1 is 1.42 bits per heavy atom. The van der Waals surface area contributed by atoms with Crippen LogP contribution in [-0.4, -0.2) is 33.6 Å². The molecule has 1 saturated heterocycles. The molecule has 3 rings (SSSR count). The highest BCUT2D eigenvalue weighted by atomic mass is 35.5. The highest BCUT2D eigenvalue weighted by molar-refractivity contribution is 6.30. The van der Waals surface area contributed by atoms with Crippen LogP contribution in [0.5, 0.6) is 0 Å². The molecular formula is C13H14ClN3O2. The summed E-state index contributed by atoms with van der Waals surface area (Å²) in [6, 6.07) is 5.25. The number of imidazole rings is 1. The second-order valence-corrected chi connectivity index (χ2v) is 5.10. The van der Waals surface area contributed by atoms with Crippen molar-refractivity contribution in [3.63, 3.8) is 0 Å². The molecule has 0 atom stereocenters. The zero-order chi connectivity index (χ0) is 13.4. The summed E-state index contributed by atoms with van der Waals surface area (Å²) in [7, 11) is 0. The maximum absolute atomic E-state index is 11.3. The summed E-state index contributed by atoms with van der Waals surface area (Å²) < 4.78 is 1.76. The molecule has 6 heteroatoms. The van der Waals surface area contributed by atoms with Gasteiger partial charge in [0, 0.05) is 5.92 Å². The highest BCUT2D eigenvalue weighted by Gasteiger charge is 2.25. The molecule has 2 aromatic rings. The van der Waals surface area contributed by atoms with E-state index in [4.69, 9.17) is 11.6 Å². The summed E-state index contributed by atoms with van der Waals surface area (Å²) in [5.41, 5.74) is 0.643. The third-order valence-corrected chi connectivity index (χ3v) is 3.84. The van der Waals surface area contributed by atoms with Crippen molar-refractivity contribution in [2.45, 2.75) is 18.8 Å². The predicted octanol–water partition coefficient (Wildman–Crippen LogP) is 2.15. The number of hydrogen-bond acceptors (Lipinski definition) is 3. The zero-order valence-electron chi connectivity index (χ0n) is 10.3. The van der Waals surface area contributed by atoms with Gasteiger partial charge >= 0.3 is 5.97 Å². The van der Waals surface area contributed by atoms with Gasteiger partial charge in [-0.2, -0.15) is 0 Å². The van der Waals surface area contributed by atoms with Gasteiger partial charge in [0.05, 0.1) is 5.52 Å². The van der Waals surface area contributed by atoms with E-state index in [0.717, 1.165) is 31.8 Å². The Labute approximate surface area is 115 Å². The van der Waals surface area contributed by atoms with Gasteiger partial charge in [-0.3, -0.25) is 4.40 Å². The summed E-state index contributed by atoms with van der Waals surface area (Å²) in [5, 5.41) is 13.1. The summed E-state index contributed by atoms with van der Waals surface area (Å²) in [6.45, 7) is 1.85. The van der Waals surface area contributed by atoms with Gasteiger partial charge in [-0.05, 0) is 38.1 Å². The number of nitrogens with one attached hydrogen (secondary N) is 1. The van der Waals surface area contributed by atoms with E-state index >= 15 is 0 Å². The first kappa shape index (κ1) is 12.4. The molecule has 0 aliphatic carbocycles. The number of aromatic nitrogens is 2. The van der Waals surface area contributed by atoms with Crippen molar-refractivity contribution < 1.29 is 9.90 Å². The lowest BCUT2D eigenvalue weighted by Gasteiger charge is -2.21. The van der Waals surface area contributed by atoms with Crippen molar-refractivity contribution in [2.75, 3.05) is 13.1 Å². The number of aromatic carboxylic acids is 1. The molecular weight excluding hydrogens is 266 g/mol. The highest BCUT2D eigenvalue weighted by Crippen LogP contribution is 2.29. The Morgan fingerprint density at radius 3 is 2.84 bits per heavy atom. The molecule has 0 unspecified atom stereocenters. The van der Waals surface area contributed by atoms with Crippen LogP contribution in [0.25, 0.3) is 5.52 Å². The van der Waals surface area contributed by atoms with Gasteiger partial charge in [0.15, 0.2) is 5.69 Å². The molecule has 0 aromatic carbocycles. The standard InChI is InChI=1S/C13H14ClN3O2/c14-10-3-1-2-9-11(13(18)19)16-12(17(9)10)8-4-6-15-7-5-8/h1-3,8,15H,4-7H2,(H,18,19). The van der Waals surface area contributed by atoms with Crippen LogP contribution in [0, 0.1) is 0 Å². The van der Waals surface area contributed by atoms with Gasteiger partial charge in [0.25, 0.3) is 0 Å². The molecule has 1 aliphatic rings. The van der Waals surface area contributed by atoms with E-state index in [2.05, 4.69) is 10.3 Å². The van der Waals surface area contributed by atoms with Crippen molar-refractivity contribution in [1.82, 2.24) is 14.7 Å².